The minimum absolute atomic E-state index is 0. The van der Waals surface area contributed by atoms with Gasteiger partial charge < -0.3 is 10.6 Å². The van der Waals surface area contributed by atoms with E-state index in [1.54, 1.807) is 0 Å². The van der Waals surface area contributed by atoms with E-state index in [-0.39, 0.29) is 36.3 Å². The number of rotatable bonds is 10. The molecule has 0 saturated heterocycles. The highest BCUT2D eigenvalue weighted by Crippen LogP contribution is 2.12. The smallest absolute Gasteiger partial charge is 0.319 e. The van der Waals surface area contributed by atoms with Gasteiger partial charge in [0.15, 0.2) is 5.96 Å². The zero-order valence-corrected chi connectivity index (χ0v) is 17.1. The largest absolute Gasteiger partial charge is 0.357 e. The normalized spacial score (nSPS) is 12.8. The summed E-state index contributed by atoms with van der Waals surface area (Å²) in [7, 11) is 0. The molecule has 0 spiro atoms. The Balaban J connectivity index is 0.00000529. The van der Waals surface area contributed by atoms with Crippen molar-refractivity contribution in [3.05, 3.63) is 18.2 Å². The van der Waals surface area contributed by atoms with Crippen LogP contribution >= 0.6 is 24.0 Å². The second-order valence-electron chi connectivity index (χ2n) is 5.62. The molecule has 0 fully saturated rings. The van der Waals surface area contributed by atoms with Crippen molar-refractivity contribution in [2.45, 2.75) is 72.0 Å². The highest BCUT2D eigenvalue weighted by molar-refractivity contribution is 14.0. The minimum atomic E-state index is -2.59. The van der Waals surface area contributed by atoms with Gasteiger partial charge in [-0.1, -0.05) is 32.6 Å². The van der Waals surface area contributed by atoms with E-state index >= 15 is 0 Å². The Morgan fingerprint density at radius 1 is 1.29 bits per heavy atom. The summed E-state index contributed by atoms with van der Waals surface area (Å²) in [6.07, 6.45) is 8.61. The number of guanidine groups is 1. The molecule has 0 aliphatic heterocycles. The van der Waals surface area contributed by atoms with Gasteiger partial charge in [0.25, 0.3) is 0 Å². The zero-order valence-electron chi connectivity index (χ0n) is 14.8. The maximum absolute atomic E-state index is 12.8. The second kappa shape index (κ2) is 13.4. The average molecular weight is 457 g/mol. The highest BCUT2D eigenvalue weighted by atomic mass is 127. The van der Waals surface area contributed by atoms with E-state index in [4.69, 9.17) is 0 Å². The molecule has 1 aromatic heterocycles. The van der Waals surface area contributed by atoms with Crippen LogP contribution in [0.25, 0.3) is 0 Å². The van der Waals surface area contributed by atoms with Crippen LogP contribution in [0.4, 0.5) is 8.78 Å². The summed E-state index contributed by atoms with van der Waals surface area (Å²) in [5.41, 5.74) is 0. The van der Waals surface area contributed by atoms with Gasteiger partial charge in [0.1, 0.15) is 12.4 Å². The van der Waals surface area contributed by atoms with Gasteiger partial charge in [-0.05, 0) is 20.3 Å². The van der Waals surface area contributed by atoms with Crippen LogP contribution in [0.1, 0.15) is 65.2 Å². The van der Waals surface area contributed by atoms with E-state index < -0.39 is 6.55 Å². The summed E-state index contributed by atoms with van der Waals surface area (Å²) in [5.74, 6) is 0.895. The molecule has 0 radical (unpaired) electrons. The molecular weight excluding hydrogens is 427 g/mol. The first-order valence-corrected chi connectivity index (χ1v) is 8.43. The van der Waals surface area contributed by atoms with Crippen LogP contribution in [-0.2, 0) is 6.54 Å². The monoisotopic (exact) mass is 457 g/mol. The fraction of sp³-hybridized carbons (Fsp3) is 0.750. The van der Waals surface area contributed by atoms with Crippen molar-refractivity contribution >= 4 is 29.9 Å². The van der Waals surface area contributed by atoms with Crippen molar-refractivity contribution in [3.63, 3.8) is 0 Å². The predicted octanol–water partition coefficient (Wildman–Crippen LogP) is 4.31. The van der Waals surface area contributed by atoms with Gasteiger partial charge >= 0.3 is 6.55 Å². The molecular formula is C16H30F2IN5. The molecule has 1 atom stereocenters. The quantitative estimate of drug-likeness (QED) is 0.238. The Morgan fingerprint density at radius 3 is 2.67 bits per heavy atom. The molecule has 0 aromatic carbocycles. The number of halogens is 3. The van der Waals surface area contributed by atoms with Crippen molar-refractivity contribution in [2.75, 3.05) is 6.54 Å². The molecule has 1 rings (SSSR count). The molecule has 2 N–H and O–H groups in total. The molecule has 0 saturated carbocycles. The fourth-order valence-electron chi connectivity index (χ4n) is 2.30. The standard InChI is InChI=1S/C16H29F2N5.HI/c1-4-6-7-8-9-13(3)22-16(19-5-2)21-12-14-20-10-11-23(14)15(17)18;/h10-11,13,15H,4-9,12H2,1-3H3,(H2,19,21,22);1H. The molecule has 1 heterocycles. The van der Waals surface area contributed by atoms with Crippen LogP contribution in [0.2, 0.25) is 0 Å². The summed E-state index contributed by atoms with van der Waals surface area (Å²) in [5, 5.41) is 6.46. The van der Waals surface area contributed by atoms with Crippen LogP contribution < -0.4 is 10.6 Å². The first-order chi connectivity index (χ1) is 11.1. The number of nitrogens with zero attached hydrogens (tertiary/aromatic N) is 3. The Morgan fingerprint density at radius 2 is 2.04 bits per heavy atom. The van der Waals surface area contributed by atoms with E-state index in [0.717, 1.165) is 17.5 Å². The van der Waals surface area contributed by atoms with E-state index in [0.29, 0.717) is 12.0 Å². The Hall–Kier alpha value is -0.930. The molecule has 1 unspecified atom stereocenters. The summed E-state index contributed by atoms with van der Waals surface area (Å²) in [6, 6.07) is 0.291. The van der Waals surface area contributed by atoms with Crippen molar-refractivity contribution < 1.29 is 8.78 Å². The first-order valence-electron chi connectivity index (χ1n) is 8.43. The zero-order chi connectivity index (χ0) is 17.1. The summed E-state index contributed by atoms with van der Waals surface area (Å²) < 4.78 is 26.4. The van der Waals surface area contributed by atoms with Gasteiger partial charge in [0, 0.05) is 25.0 Å². The molecule has 24 heavy (non-hydrogen) atoms. The van der Waals surface area contributed by atoms with Crippen molar-refractivity contribution in [1.29, 1.82) is 0 Å². The van der Waals surface area contributed by atoms with Crippen LogP contribution in [0, 0.1) is 0 Å². The van der Waals surface area contributed by atoms with Gasteiger partial charge in [0.2, 0.25) is 0 Å². The molecule has 8 heteroatoms. The molecule has 0 bridgehead atoms. The number of imidazole rings is 1. The Labute approximate surface area is 160 Å². The second-order valence-corrected chi connectivity index (χ2v) is 5.62. The minimum Gasteiger partial charge on any atom is -0.357 e. The van der Waals surface area contributed by atoms with E-state index in [9.17, 15) is 8.78 Å². The molecule has 0 aliphatic carbocycles. The number of hydrogen-bond donors (Lipinski definition) is 2. The molecule has 1 aromatic rings. The maximum atomic E-state index is 12.8. The third-order valence-electron chi connectivity index (χ3n) is 3.56. The van der Waals surface area contributed by atoms with Gasteiger partial charge in [-0.2, -0.15) is 8.78 Å². The van der Waals surface area contributed by atoms with Crippen LogP contribution in [0.5, 0.6) is 0 Å². The summed E-state index contributed by atoms with van der Waals surface area (Å²) >= 11 is 0. The van der Waals surface area contributed by atoms with Crippen LogP contribution in [-0.4, -0.2) is 28.1 Å². The van der Waals surface area contributed by atoms with Gasteiger partial charge in [0.05, 0.1) is 0 Å². The summed E-state index contributed by atoms with van der Waals surface area (Å²) in [4.78, 5) is 8.30. The van der Waals surface area contributed by atoms with Gasteiger partial charge in [-0.25, -0.2) is 9.98 Å². The van der Waals surface area contributed by atoms with E-state index in [1.807, 2.05) is 6.92 Å². The number of aromatic nitrogens is 2. The number of aliphatic imine (C=N–C) groups is 1. The highest BCUT2D eigenvalue weighted by Gasteiger charge is 2.11. The predicted molar refractivity (Wildman–Crippen MR) is 105 cm³/mol. The molecule has 0 amide bonds. The lowest BCUT2D eigenvalue weighted by Crippen LogP contribution is -2.42. The fourth-order valence-corrected chi connectivity index (χ4v) is 2.30. The van der Waals surface area contributed by atoms with Crippen molar-refractivity contribution in [1.82, 2.24) is 20.2 Å². The topological polar surface area (TPSA) is 54.2 Å². The number of alkyl halides is 2. The SMILES string of the molecule is CCCCCCC(C)NC(=NCc1nccn1C(F)F)NCC.I. The lowest BCUT2D eigenvalue weighted by molar-refractivity contribution is 0.0671. The van der Waals surface area contributed by atoms with Crippen molar-refractivity contribution in [2.24, 2.45) is 4.99 Å². The number of hydrogen-bond acceptors (Lipinski definition) is 2. The Bertz CT molecular complexity index is 465. The van der Waals surface area contributed by atoms with E-state index in [2.05, 4.69) is 34.5 Å². The van der Waals surface area contributed by atoms with Gasteiger partial charge in [-0.3, -0.25) is 4.57 Å². The van der Waals surface area contributed by atoms with Crippen LogP contribution in [0.15, 0.2) is 17.4 Å². The lowest BCUT2D eigenvalue weighted by atomic mass is 10.1. The maximum Gasteiger partial charge on any atom is 0.319 e. The number of nitrogens with one attached hydrogen (secondary N) is 2. The molecule has 0 aliphatic rings. The lowest BCUT2D eigenvalue weighted by Gasteiger charge is -2.17. The summed E-state index contributed by atoms with van der Waals surface area (Å²) in [6.45, 7) is 4.53. The molecule has 5 nitrogen and oxygen atoms in total. The Kier molecular flexibility index (Phi) is 12.9. The van der Waals surface area contributed by atoms with E-state index in [1.165, 1.54) is 38.1 Å². The average Bonchev–Trinajstić information content (AvgIpc) is 2.98. The van der Waals surface area contributed by atoms with Crippen molar-refractivity contribution in [3.8, 4) is 0 Å². The number of unbranched alkanes of at least 4 members (excludes halogenated alkanes) is 3. The van der Waals surface area contributed by atoms with Crippen LogP contribution in [0.3, 0.4) is 0 Å². The molecule has 140 valence electrons. The third-order valence-corrected chi connectivity index (χ3v) is 3.56. The van der Waals surface area contributed by atoms with Gasteiger partial charge in [-0.15, -0.1) is 24.0 Å². The third kappa shape index (κ3) is 8.79. The first kappa shape index (κ1) is 23.1.